The van der Waals surface area contributed by atoms with E-state index in [0.29, 0.717) is 16.3 Å². The van der Waals surface area contributed by atoms with Gasteiger partial charge in [0.05, 0.1) is 5.56 Å². The van der Waals surface area contributed by atoms with Crippen LogP contribution >= 0.6 is 15.9 Å². The molecule has 1 aromatic carbocycles. The molecule has 6 heteroatoms. The van der Waals surface area contributed by atoms with Gasteiger partial charge in [0.25, 0.3) is 5.91 Å². The van der Waals surface area contributed by atoms with Gasteiger partial charge in [0.15, 0.2) is 6.61 Å². The van der Waals surface area contributed by atoms with Crippen LogP contribution in [0, 0.1) is 17.7 Å². The lowest BCUT2D eigenvalue weighted by molar-refractivity contribution is -0.125. The molecule has 0 aromatic heterocycles. The SMILES string of the molecule is C[C@@H]1[C@@H](C)CCC[C@H]1NC(=O)COC(=O)c1cc(F)ccc1Br. The van der Waals surface area contributed by atoms with E-state index in [1.807, 2.05) is 0 Å². The van der Waals surface area contributed by atoms with Crippen molar-refractivity contribution in [1.29, 1.82) is 0 Å². The maximum absolute atomic E-state index is 13.2. The zero-order valence-corrected chi connectivity index (χ0v) is 14.9. The van der Waals surface area contributed by atoms with Gasteiger partial charge in [-0.15, -0.1) is 0 Å². The van der Waals surface area contributed by atoms with E-state index >= 15 is 0 Å². The Labute approximate surface area is 143 Å². The Kier molecular flexibility index (Phi) is 6.16. The molecule has 0 saturated heterocycles. The highest BCUT2D eigenvalue weighted by Crippen LogP contribution is 2.29. The van der Waals surface area contributed by atoms with Gasteiger partial charge in [-0.2, -0.15) is 0 Å². The number of benzene rings is 1. The lowest BCUT2D eigenvalue weighted by Gasteiger charge is -2.34. The summed E-state index contributed by atoms with van der Waals surface area (Å²) in [5.74, 6) is -0.608. The maximum atomic E-state index is 13.2. The molecule has 1 aliphatic rings. The van der Waals surface area contributed by atoms with Gasteiger partial charge in [0.1, 0.15) is 5.82 Å². The molecule has 0 heterocycles. The average Bonchev–Trinajstić information content (AvgIpc) is 2.52. The van der Waals surface area contributed by atoms with Gasteiger partial charge in [0.2, 0.25) is 0 Å². The van der Waals surface area contributed by atoms with Crippen molar-refractivity contribution in [3.8, 4) is 0 Å². The highest BCUT2D eigenvalue weighted by molar-refractivity contribution is 9.10. The average molecular weight is 386 g/mol. The van der Waals surface area contributed by atoms with Gasteiger partial charge in [-0.1, -0.05) is 26.7 Å². The lowest BCUT2D eigenvalue weighted by atomic mass is 9.78. The Morgan fingerprint density at radius 2 is 2.09 bits per heavy atom. The second kappa shape index (κ2) is 7.90. The summed E-state index contributed by atoms with van der Waals surface area (Å²) in [6.07, 6.45) is 3.21. The zero-order valence-electron chi connectivity index (χ0n) is 13.3. The number of hydrogen-bond donors (Lipinski definition) is 1. The fourth-order valence-electron chi connectivity index (χ4n) is 2.90. The van der Waals surface area contributed by atoms with Crippen molar-refractivity contribution < 1.29 is 18.7 Å². The number of esters is 1. The molecule has 0 aliphatic heterocycles. The molecule has 1 aromatic rings. The van der Waals surface area contributed by atoms with E-state index in [-0.39, 0.29) is 24.1 Å². The van der Waals surface area contributed by atoms with E-state index in [9.17, 15) is 14.0 Å². The molecule has 0 radical (unpaired) electrons. The molecule has 1 saturated carbocycles. The van der Waals surface area contributed by atoms with Crippen LogP contribution in [0.2, 0.25) is 0 Å². The number of amides is 1. The fraction of sp³-hybridized carbons (Fsp3) is 0.529. The van der Waals surface area contributed by atoms with E-state index in [1.165, 1.54) is 18.6 Å². The molecular weight excluding hydrogens is 365 g/mol. The van der Waals surface area contributed by atoms with Crippen LogP contribution in [0.5, 0.6) is 0 Å². The van der Waals surface area contributed by atoms with Gasteiger partial charge in [0, 0.05) is 10.5 Å². The Morgan fingerprint density at radius 3 is 2.83 bits per heavy atom. The van der Waals surface area contributed by atoms with Gasteiger partial charge < -0.3 is 10.1 Å². The predicted molar refractivity (Wildman–Crippen MR) is 88.5 cm³/mol. The molecule has 1 amide bonds. The van der Waals surface area contributed by atoms with Crippen molar-refractivity contribution >= 4 is 27.8 Å². The van der Waals surface area contributed by atoms with E-state index in [0.717, 1.165) is 18.9 Å². The van der Waals surface area contributed by atoms with Crippen LogP contribution in [-0.2, 0) is 9.53 Å². The van der Waals surface area contributed by atoms with Crippen molar-refractivity contribution in [3.63, 3.8) is 0 Å². The first kappa shape index (κ1) is 17.9. The van der Waals surface area contributed by atoms with Gasteiger partial charge >= 0.3 is 5.97 Å². The molecule has 0 unspecified atom stereocenters. The first-order valence-electron chi connectivity index (χ1n) is 7.80. The van der Waals surface area contributed by atoms with Crippen LogP contribution in [0.3, 0.4) is 0 Å². The number of halogens is 2. The fourth-order valence-corrected chi connectivity index (χ4v) is 3.31. The normalized spacial score (nSPS) is 24.1. The molecule has 0 bridgehead atoms. The second-order valence-electron chi connectivity index (χ2n) is 6.14. The zero-order chi connectivity index (χ0) is 17.0. The minimum Gasteiger partial charge on any atom is -0.452 e. The summed E-state index contributed by atoms with van der Waals surface area (Å²) in [7, 11) is 0. The largest absolute Gasteiger partial charge is 0.452 e. The van der Waals surface area contributed by atoms with E-state index in [1.54, 1.807) is 0 Å². The first-order valence-corrected chi connectivity index (χ1v) is 8.59. The molecule has 4 nitrogen and oxygen atoms in total. The molecule has 3 atom stereocenters. The van der Waals surface area contributed by atoms with Crippen molar-refractivity contribution in [2.45, 2.75) is 39.2 Å². The van der Waals surface area contributed by atoms with Crippen LogP contribution in [0.15, 0.2) is 22.7 Å². The third-order valence-electron chi connectivity index (χ3n) is 4.54. The van der Waals surface area contributed by atoms with Gasteiger partial charge in [-0.25, -0.2) is 9.18 Å². The molecule has 2 rings (SSSR count). The molecule has 23 heavy (non-hydrogen) atoms. The Hall–Kier alpha value is -1.43. The van der Waals surface area contributed by atoms with Crippen LogP contribution in [-0.4, -0.2) is 24.5 Å². The molecule has 1 aliphatic carbocycles. The highest BCUT2D eigenvalue weighted by Gasteiger charge is 2.28. The molecular formula is C17H21BrFNO3. The van der Waals surface area contributed by atoms with Crippen molar-refractivity contribution in [2.75, 3.05) is 6.61 Å². The highest BCUT2D eigenvalue weighted by atomic mass is 79.9. The number of ether oxygens (including phenoxy) is 1. The smallest absolute Gasteiger partial charge is 0.339 e. The Balaban J connectivity index is 1.86. The number of nitrogens with one attached hydrogen (secondary N) is 1. The quantitative estimate of drug-likeness (QED) is 0.804. The lowest BCUT2D eigenvalue weighted by Crippen LogP contribution is -2.45. The summed E-state index contributed by atoms with van der Waals surface area (Å²) < 4.78 is 18.6. The number of hydrogen-bond acceptors (Lipinski definition) is 3. The van der Waals surface area contributed by atoms with Crippen molar-refractivity contribution in [3.05, 3.63) is 34.1 Å². The number of carbonyl (C=O) groups excluding carboxylic acids is 2. The second-order valence-corrected chi connectivity index (χ2v) is 7.00. The summed E-state index contributed by atoms with van der Waals surface area (Å²) >= 11 is 3.16. The molecule has 1 fully saturated rings. The van der Waals surface area contributed by atoms with Crippen LogP contribution in [0.4, 0.5) is 4.39 Å². The first-order chi connectivity index (χ1) is 10.9. The minimum atomic E-state index is -0.725. The number of rotatable bonds is 4. The monoisotopic (exact) mass is 385 g/mol. The Bertz CT molecular complexity index is 593. The van der Waals surface area contributed by atoms with Gasteiger partial charge in [-0.05, 0) is 52.4 Å². The summed E-state index contributed by atoms with van der Waals surface area (Å²) in [6.45, 7) is 3.95. The standard InChI is InChI=1S/C17H21BrFNO3/c1-10-4-3-5-15(11(10)2)20-16(21)9-23-17(22)13-8-12(19)6-7-14(13)18/h6-8,10-11,15H,3-5,9H2,1-2H3,(H,20,21)/t10-,11+,15+/m0/s1. The van der Waals surface area contributed by atoms with E-state index in [4.69, 9.17) is 4.74 Å². The third-order valence-corrected chi connectivity index (χ3v) is 5.23. The molecule has 126 valence electrons. The predicted octanol–water partition coefficient (Wildman–Crippen LogP) is 3.69. The topological polar surface area (TPSA) is 55.4 Å². The van der Waals surface area contributed by atoms with Gasteiger partial charge in [-0.3, -0.25) is 4.79 Å². The molecule has 0 spiro atoms. The van der Waals surface area contributed by atoms with Crippen LogP contribution in [0.1, 0.15) is 43.5 Å². The maximum Gasteiger partial charge on any atom is 0.339 e. The number of carbonyl (C=O) groups is 2. The molecule has 1 N–H and O–H groups in total. The van der Waals surface area contributed by atoms with E-state index in [2.05, 4.69) is 35.1 Å². The summed E-state index contributed by atoms with van der Waals surface area (Å²) in [6, 6.07) is 3.86. The summed E-state index contributed by atoms with van der Waals surface area (Å²) in [5.41, 5.74) is 0.0671. The van der Waals surface area contributed by atoms with E-state index < -0.39 is 11.8 Å². The minimum absolute atomic E-state index is 0.0671. The summed E-state index contributed by atoms with van der Waals surface area (Å²) in [5, 5.41) is 2.93. The third kappa shape index (κ3) is 4.77. The van der Waals surface area contributed by atoms with Crippen LogP contribution < -0.4 is 5.32 Å². The summed E-state index contributed by atoms with van der Waals surface area (Å²) in [4.78, 5) is 23.9. The Morgan fingerprint density at radius 1 is 1.35 bits per heavy atom. The van der Waals surface area contributed by atoms with Crippen LogP contribution in [0.25, 0.3) is 0 Å². The van der Waals surface area contributed by atoms with Crippen molar-refractivity contribution in [1.82, 2.24) is 5.32 Å². The van der Waals surface area contributed by atoms with Crippen molar-refractivity contribution in [2.24, 2.45) is 11.8 Å².